The molecule has 3 amide bonds. The number of hydrogen-bond acceptors (Lipinski definition) is 4. The van der Waals surface area contributed by atoms with Crippen molar-refractivity contribution in [3.63, 3.8) is 0 Å². The Balaban J connectivity index is 1.76. The van der Waals surface area contributed by atoms with Crippen molar-refractivity contribution in [2.24, 2.45) is 5.92 Å². The first-order valence-corrected chi connectivity index (χ1v) is 10.1. The van der Waals surface area contributed by atoms with Gasteiger partial charge in [0.1, 0.15) is 5.75 Å². The number of anilines is 1. The van der Waals surface area contributed by atoms with Gasteiger partial charge in [0.25, 0.3) is 5.91 Å². The zero-order valence-corrected chi connectivity index (χ0v) is 18.1. The highest BCUT2D eigenvalue weighted by atomic mass is 35.5. The van der Waals surface area contributed by atoms with Crippen LogP contribution in [0.3, 0.4) is 0 Å². The summed E-state index contributed by atoms with van der Waals surface area (Å²) in [4.78, 5) is 36.1. The lowest BCUT2D eigenvalue weighted by atomic mass is 10.2. The molecule has 0 saturated carbocycles. The number of carbonyl (C=O) groups excluding carboxylic acids is 3. The second kappa shape index (κ2) is 11.4. The Morgan fingerprint density at radius 2 is 1.70 bits per heavy atom. The molecule has 0 aliphatic carbocycles. The zero-order valence-electron chi connectivity index (χ0n) is 16.6. The maximum absolute atomic E-state index is 12.2. The molecule has 0 aliphatic rings. The molecule has 0 radical (unpaired) electrons. The van der Waals surface area contributed by atoms with Crippen molar-refractivity contribution in [2.45, 2.75) is 26.7 Å². The minimum Gasteiger partial charge on any atom is -0.493 e. The summed E-state index contributed by atoms with van der Waals surface area (Å²) in [6.07, 6.45) is -0.200. The van der Waals surface area contributed by atoms with Crippen LogP contribution in [-0.4, -0.2) is 24.3 Å². The number of rotatable bonds is 8. The van der Waals surface area contributed by atoms with Gasteiger partial charge in [0.05, 0.1) is 17.3 Å². The monoisotopic (exact) mass is 451 g/mol. The van der Waals surface area contributed by atoms with Crippen LogP contribution in [0.4, 0.5) is 5.69 Å². The summed E-state index contributed by atoms with van der Waals surface area (Å²) in [5.41, 5.74) is 5.35. The van der Waals surface area contributed by atoms with E-state index in [4.69, 9.17) is 27.9 Å². The Kier molecular flexibility index (Phi) is 8.95. The highest BCUT2D eigenvalue weighted by Gasteiger charge is 2.12. The fraction of sp³-hybridized carbons (Fsp3) is 0.286. The van der Waals surface area contributed by atoms with E-state index < -0.39 is 17.7 Å². The van der Waals surface area contributed by atoms with Gasteiger partial charge in [0.15, 0.2) is 0 Å². The van der Waals surface area contributed by atoms with E-state index in [0.717, 1.165) is 0 Å². The minimum absolute atomic E-state index is 0.0841. The van der Waals surface area contributed by atoms with Gasteiger partial charge >= 0.3 is 0 Å². The van der Waals surface area contributed by atoms with Crippen molar-refractivity contribution in [3.05, 3.63) is 58.1 Å². The summed E-state index contributed by atoms with van der Waals surface area (Å²) in [5, 5.41) is 3.35. The van der Waals surface area contributed by atoms with Crippen molar-refractivity contribution >= 4 is 46.6 Å². The second-order valence-corrected chi connectivity index (χ2v) is 7.75. The summed E-state index contributed by atoms with van der Waals surface area (Å²) < 4.78 is 5.58. The molecule has 2 aromatic rings. The summed E-state index contributed by atoms with van der Waals surface area (Å²) in [5.74, 6) is -0.464. The molecule has 3 N–H and O–H groups in total. The first-order chi connectivity index (χ1) is 14.2. The lowest BCUT2D eigenvalue weighted by Gasteiger charge is -2.11. The predicted molar refractivity (Wildman–Crippen MR) is 117 cm³/mol. The third-order valence-electron chi connectivity index (χ3n) is 3.78. The van der Waals surface area contributed by atoms with Crippen LogP contribution in [0, 0.1) is 5.92 Å². The Morgan fingerprint density at radius 3 is 2.40 bits per heavy atom. The smallest absolute Gasteiger partial charge is 0.269 e. The Hall–Kier alpha value is -2.77. The zero-order chi connectivity index (χ0) is 22.1. The quantitative estimate of drug-likeness (QED) is 0.523. The van der Waals surface area contributed by atoms with Crippen molar-refractivity contribution in [2.75, 3.05) is 11.9 Å². The van der Waals surface area contributed by atoms with E-state index in [0.29, 0.717) is 39.6 Å². The lowest BCUT2D eigenvalue weighted by Crippen LogP contribution is -2.41. The molecule has 9 heteroatoms. The number of amides is 3. The number of carbonyl (C=O) groups is 3. The van der Waals surface area contributed by atoms with Crippen LogP contribution >= 0.6 is 23.2 Å². The molecule has 0 spiro atoms. The third kappa shape index (κ3) is 7.93. The summed E-state index contributed by atoms with van der Waals surface area (Å²) >= 11 is 11.8. The van der Waals surface area contributed by atoms with E-state index >= 15 is 0 Å². The highest BCUT2D eigenvalue weighted by Crippen LogP contribution is 2.25. The van der Waals surface area contributed by atoms with Crippen LogP contribution in [0.25, 0.3) is 0 Å². The Bertz CT molecular complexity index is 919. The van der Waals surface area contributed by atoms with Gasteiger partial charge in [-0.05, 0) is 42.3 Å². The average molecular weight is 452 g/mol. The fourth-order valence-corrected chi connectivity index (χ4v) is 2.74. The molecular weight excluding hydrogens is 429 g/mol. The first kappa shape index (κ1) is 23.5. The fourth-order valence-electron chi connectivity index (χ4n) is 2.28. The molecule has 7 nitrogen and oxygen atoms in total. The topological polar surface area (TPSA) is 96.5 Å². The Morgan fingerprint density at radius 1 is 0.967 bits per heavy atom. The molecule has 0 aromatic heterocycles. The normalized spacial score (nSPS) is 10.4. The number of halogens is 2. The van der Waals surface area contributed by atoms with Crippen LogP contribution in [0.2, 0.25) is 10.0 Å². The van der Waals surface area contributed by atoms with E-state index in [1.165, 1.54) is 6.07 Å². The van der Waals surface area contributed by atoms with Crippen LogP contribution in [0.15, 0.2) is 42.5 Å². The lowest BCUT2D eigenvalue weighted by molar-refractivity contribution is -0.124. The first-order valence-electron chi connectivity index (χ1n) is 9.31. The number of hydrogen-bond donors (Lipinski definition) is 3. The van der Waals surface area contributed by atoms with E-state index in [2.05, 4.69) is 16.2 Å². The number of ether oxygens (including phenoxy) is 1. The van der Waals surface area contributed by atoms with Gasteiger partial charge in [-0.1, -0.05) is 43.1 Å². The van der Waals surface area contributed by atoms with Crippen LogP contribution in [-0.2, 0) is 9.59 Å². The molecule has 0 bridgehead atoms. The van der Waals surface area contributed by atoms with E-state index in [9.17, 15) is 14.4 Å². The van der Waals surface area contributed by atoms with E-state index in [-0.39, 0.29) is 12.8 Å². The van der Waals surface area contributed by atoms with Gasteiger partial charge in [-0.3, -0.25) is 25.2 Å². The van der Waals surface area contributed by atoms with Gasteiger partial charge in [-0.2, -0.15) is 0 Å². The third-order valence-corrected chi connectivity index (χ3v) is 4.33. The predicted octanol–water partition coefficient (Wildman–Crippen LogP) is 4.21. The molecule has 0 aliphatic heterocycles. The SMILES string of the molecule is CC(C)COc1cccc(C(=O)NNC(=O)CCC(=O)Nc2ccc(Cl)cc2Cl)c1. The van der Waals surface area contributed by atoms with Crippen molar-refractivity contribution in [3.8, 4) is 5.75 Å². The van der Waals surface area contributed by atoms with Gasteiger partial charge in [-0.15, -0.1) is 0 Å². The molecule has 0 atom stereocenters. The number of hydrazine groups is 1. The highest BCUT2D eigenvalue weighted by molar-refractivity contribution is 6.36. The van der Waals surface area contributed by atoms with Gasteiger partial charge in [0.2, 0.25) is 11.8 Å². The summed E-state index contributed by atoms with van der Waals surface area (Å²) in [7, 11) is 0. The minimum atomic E-state index is -0.507. The molecule has 0 heterocycles. The Labute approximate surface area is 185 Å². The molecule has 0 unspecified atom stereocenters. The average Bonchev–Trinajstić information content (AvgIpc) is 2.71. The largest absolute Gasteiger partial charge is 0.493 e. The number of nitrogens with one attached hydrogen (secondary N) is 3. The van der Waals surface area contributed by atoms with Gasteiger partial charge in [-0.25, -0.2) is 0 Å². The standard InChI is InChI=1S/C21H23Cl2N3O4/c1-13(2)12-30-16-5-3-4-14(10-16)21(29)26-25-20(28)9-8-19(27)24-18-7-6-15(22)11-17(18)23/h3-7,10-11,13H,8-9,12H2,1-2H3,(H,24,27)(H,25,28)(H,26,29). The molecule has 2 rings (SSSR count). The van der Waals surface area contributed by atoms with Crippen molar-refractivity contribution in [1.29, 1.82) is 0 Å². The number of benzene rings is 2. The molecule has 2 aromatic carbocycles. The molecule has 0 saturated heterocycles. The molecule has 30 heavy (non-hydrogen) atoms. The van der Waals surface area contributed by atoms with Crippen molar-refractivity contribution < 1.29 is 19.1 Å². The van der Waals surface area contributed by atoms with Crippen LogP contribution < -0.4 is 20.9 Å². The molecule has 0 fully saturated rings. The van der Waals surface area contributed by atoms with Gasteiger partial charge < -0.3 is 10.1 Å². The van der Waals surface area contributed by atoms with E-state index in [1.54, 1.807) is 36.4 Å². The maximum atomic E-state index is 12.2. The summed E-state index contributed by atoms with van der Waals surface area (Å²) in [6, 6.07) is 11.3. The molecule has 160 valence electrons. The second-order valence-electron chi connectivity index (χ2n) is 6.91. The van der Waals surface area contributed by atoms with Crippen LogP contribution in [0.1, 0.15) is 37.0 Å². The summed E-state index contributed by atoms with van der Waals surface area (Å²) in [6.45, 7) is 4.58. The van der Waals surface area contributed by atoms with Gasteiger partial charge in [0, 0.05) is 23.4 Å². The van der Waals surface area contributed by atoms with E-state index in [1.807, 2.05) is 13.8 Å². The van der Waals surface area contributed by atoms with Crippen molar-refractivity contribution in [1.82, 2.24) is 10.9 Å². The van der Waals surface area contributed by atoms with Crippen LogP contribution in [0.5, 0.6) is 5.75 Å². The molecular formula is C21H23Cl2N3O4. The maximum Gasteiger partial charge on any atom is 0.269 e.